The Labute approximate surface area is 128 Å². The summed E-state index contributed by atoms with van der Waals surface area (Å²) in [7, 11) is 0. The van der Waals surface area contributed by atoms with Crippen LogP contribution >= 0.6 is 31.9 Å². The molecule has 0 bridgehead atoms. The van der Waals surface area contributed by atoms with E-state index in [1.165, 1.54) is 6.07 Å². The second-order valence-corrected chi connectivity index (χ2v) is 5.86. The standard InChI is InChI=1S/C14H13Br2FN2/c15-10-5-2-1-4-9(10)8-13(19-18)14-11(16)6-3-7-12(14)17/h1-7,13,19H,8,18H2. The van der Waals surface area contributed by atoms with E-state index < -0.39 is 0 Å². The van der Waals surface area contributed by atoms with Crippen molar-refractivity contribution in [3.05, 3.63) is 68.4 Å². The fourth-order valence-corrected chi connectivity index (χ4v) is 3.04. The highest BCUT2D eigenvalue weighted by molar-refractivity contribution is 9.10. The third-order valence-electron chi connectivity index (χ3n) is 2.93. The Morgan fingerprint density at radius 3 is 2.37 bits per heavy atom. The van der Waals surface area contributed by atoms with Crippen molar-refractivity contribution in [1.82, 2.24) is 5.43 Å². The van der Waals surface area contributed by atoms with E-state index in [0.29, 0.717) is 16.5 Å². The fraction of sp³-hybridized carbons (Fsp3) is 0.143. The highest BCUT2D eigenvalue weighted by Crippen LogP contribution is 2.30. The summed E-state index contributed by atoms with van der Waals surface area (Å²) < 4.78 is 15.7. The molecular formula is C14H13Br2FN2. The minimum atomic E-state index is -0.297. The topological polar surface area (TPSA) is 38.0 Å². The molecule has 1 atom stereocenters. The van der Waals surface area contributed by atoms with E-state index in [4.69, 9.17) is 5.84 Å². The van der Waals surface area contributed by atoms with E-state index >= 15 is 0 Å². The van der Waals surface area contributed by atoms with Crippen molar-refractivity contribution >= 4 is 31.9 Å². The number of nitrogens with one attached hydrogen (secondary N) is 1. The summed E-state index contributed by atoms with van der Waals surface area (Å²) in [5, 5.41) is 0. The summed E-state index contributed by atoms with van der Waals surface area (Å²) in [6, 6.07) is 12.4. The molecule has 0 saturated heterocycles. The summed E-state index contributed by atoms with van der Waals surface area (Å²) in [4.78, 5) is 0. The molecule has 0 amide bonds. The minimum Gasteiger partial charge on any atom is -0.271 e. The quantitative estimate of drug-likeness (QED) is 0.612. The highest BCUT2D eigenvalue weighted by Gasteiger charge is 2.18. The number of hydrogen-bond acceptors (Lipinski definition) is 2. The molecule has 2 nitrogen and oxygen atoms in total. The lowest BCUT2D eigenvalue weighted by Gasteiger charge is -2.19. The van der Waals surface area contributed by atoms with Gasteiger partial charge in [0.2, 0.25) is 0 Å². The predicted octanol–water partition coefficient (Wildman–Crippen LogP) is 4.10. The van der Waals surface area contributed by atoms with Crippen LogP contribution in [-0.4, -0.2) is 0 Å². The Morgan fingerprint density at radius 1 is 1.05 bits per heavy atom. The van der Waals surface area contributed by atoms with Crippen LogP contribution in [0.2, 0.25) is 0 Å². The van der Waals surface area contributed by atoms with Crippen LogP contribution in [0.1, 0.15) is 17.2 Å². The smallest absolute Gasteiger partial charge is 0.129 e. The third-order valence-corrected chi connectivity index (χ3v) is 4.40. The average Bonchev–Trinajstić information content (AvgIpc) is 2.39. The Morgan fingerprint density at radius 2 is 1.74 bits per heavy atom. The molecule has 0 spiro atoms. The van der Waals surface area contributed by atoms with Gasteiger partial charge < -0.3 is 0 Å². The van der Waals surface area contributed by atoms with Gasteiger partial charge in [-0.3, -0.25) is 11.3 Å². The van der Waals surface area contributed by atoms with Crippen molar-refractivity contribution in [2.75, 3.05) is 0 Å². The first kappa shape index (κ1) is 14.7. The van der Waals surface area contributed by atoms with E-state index in [1.54, 1.807) is 6.07 Å². The van der Waals surface area contributed by atoms with Crippen molar-refractivity contribution < 1.29 is 4.39 Å². The highest BCUT2D eigenvalue weighted by atomic mass is 79.9. The molecule has 5 heteroatoms. The van der Waals surface area contributed by atoms with Gasteiger partial charge in [0.15, 0.2) is 0 Å². The van der Waals surface area contributed by atoms with Crippen molar-refractivity contribution in [2.24, 2.45) is 5.84 Å². The summed E-state index contributed by atoms with van der Waals surface area (Å²) in [6.45, 7) is 0. The number of rotatable bonds is 4. The van der Waals surface area contributed by atoms with E-state index in [-0.39, 0.29) is 11.9 Å². The SMILES string of the molecule is NNC(Cc1ccccc1Br)c1c(F)cccc1Br. The second kappa shape index (κ2) is 6.61. The van der Waals surface area contributed by atoms with Gasteiger partial charge in [0.25, 0.3) is 0 Å². The lowest BCUT2D eigenvalue weighted by Crippen LogP contribution is -2.30. The fourth-order valence-electron chi connectivity index (χ4n) is 1.97. The zero-order valence-electron chi connectivity index (χ0n) is 10.0. The molecule has 100 valence electrons. The van der Waals surface area contributed by atoms with Crippen LogP contribution in [-0.2, 0) is 6.42 Å². The Kier molecular flexibility index (Phi) is 5.10. The van der Waals surface area contributed by atoms with Gasteiger partial charge in [-0.25, -0.2) is 4.39 Å². The first-order chi connectivity index (χ1) is 9.13. The van der Waals surface area contributed by atoms with E-state index in [9.17, 15) is 4.39 Å². The minimum absolute atomic E-state index is 0.274. The second-order valence-electron chi connectivity index (χ2n) is 4.15. The zero-order valence-corrected chi connectivity index (χ0v) is 13.2. The number of hydrazine groups is 1. The van der Waals surface area contributed by atoms with Crippen LogP contribution < -0.4 is 11.3 Å². The molecule has 2 aromatic carbocycles. The summed E-state index contributed by atoms with van der Waals surface area (Å²) in [6.07, 6.45) is 0.595. The van der Waals surface area contributed by atoms with E-state index in [0.717, 1.165) is 10.0 Å². The van der Waals surface area contributed by atoms with E-state index in [2.05, 4.69) is 37.3 Å². The van der Waals surface area contributed by atoms with Crippen molar-refractivity contribution in [1.29, 1.82) is 0 Å². The molecule has 19 heavy (non-hydrogen) atoms. The largest absolute Gasteiger partial charge is 0.271 e. The van der Waals surface area contributed by atoms with Crippen LogP contribution in [0, 0.1) is 5.82 Å². The van der Waals surface area contributed by atoms with Crippen molar-refractivity contribution in [3.8, 4) is 0 Å². The molecule has 2 aromatic rings. The molecule has 0 heterocycles. The van der Waals surface area contributed by atoms with E-state index in [1.807, 2.05) is 30.3 Å². The first-order valence-corrected chi connectivity index (χ1v) is 7.35. The van der Waals surface area contributed by atoms with Crippen LogP contribution in [0.3, 0.4) is 0 Å². The Hall–Kier alpha value is -0.750. The number of halogens is 3. The zero-order chi connectivity index (χ0) is 13.8. The lowest BCUT2D eigenvalue weighted by molar-refractivity contribution is 0.507. The summed E-state index contributed by atoms with van der Waals surface area (Å²) >= 11 is 6.86. The van der Waals surface area contributed by atoms with Crippen molar-refractivity contribution in [2.45, 2.75) is 12.5 Å². The van der Waals surface area contributed by atoms with Gasteiger partial charge in [-0.2, -0.15) is 0 Å². The molecule has 0 aromatic heterocycles. The summed E-state index contributed by atoms with van der Waals surface area (Å²) in [5.41, 5.74) is 4.30. The molecule has 0 aliphatic carbocycles. The number of nitrogens with two attached hydrogens (primary N) is 1. The molecule has 3 N–H and O–H groups in total. The number of benzene rings is 2. The molecule has 0 aliphatic heterocycles. The predicted molar refractivity (Wildman–Crippen MR) is 82.0 cm³/mol. The van der Waals surface area contributed by atoms with Crippen molar-refractivity contribution in [3.63, 3.8) is 0 Å². The monoisotopic (exact) mass is 386 g/mol. The number of hydrogen-bond donors (Lipinski definition) is 2. The molecule has 0 radical (unpaired) electrons. The Balaban J connectivity index is 2.34. The maximum absolute atomic E-state index is 14.0. The van der Waals surface area contributed by atoms with Gasteiger partial charge in [-0.15, -0.1) is 0 Å². The Bertz CT molecular complexity index is 555. The van der Waals surface area contributed by atoms with Gasteiger partial charge >= 0.3 is 0 Å². The molecular weight excluding hydrogens is 375 g/mol. The van der Waals surface area contributed by atoms with Crippen LogP contribution in [0.25, 0.3) is 0 Å². The lowest BCUT2D eigenvalue weighted by atomic mass is 9.99. The molecule has 0 saturated carbocycles. The maximum atomic E-state index is 14.0. The molecule has 2 rings (SSSR count). The first-order valence-electron chi connectivity index (χ1n) is 5.77. The third kappa shape index (κ3) is 3.42. The van der Waals surface area contributed by atoms with Gasteiger partial charge in [-0.1, -0.05) is 56.1 Å². The van der Waals surface area contributed by atoms with Crippen LogP contribution in [0.5, 0.6) is 0 Å². The van der Waals surface area contributed by atoms with Gasteiger partial charge in [0.05, 0.1) is 6.04 Å². The van der Waals surface area contributed by atoms with Gasteiger partial charge in [-0.05, 0) is 30.2 Å². The molecule has 1 unspecified atom stereocenters. The normalized spacial score (nSPS) is 12.4. The van der Waals surface area contributed by atoms with Gasteiger partial charge in [0, 0.05) is 14.5 Å². The van der Waals surface area contributed by atoms with Crippen LogP contribution in [0.15, 0.2) is 51.4 Å². The molecule has 0 aliphatic rings. The summed E-state index contributed by atoms with van der Waals surface area (Å²) in [5.74, 6) is 5.31. The molecule has 0 fully saturated rings. The maximum Gasteiger partial charge on any atom is 0.129 e. The van der Waals surface area contributed by atoms with Gasteiger partial charge in [0.1, 0.15) is 5.82 Å². The van der Waals surface area contributed by atoms with Crippen LogP contribution in [0.4, 0.5) is 4.39 Å². The average molecular weight is 388 g/mol.